The summed E-state index contributed by atoms with van der Waals surface area (Å²) < 4.78 is 16.6. The fourth-order valence-corrected chi connectivity index (χ4v) is 4.18. The van der Waals surface area contributed by atoms with Crippen molar-refractivity contribution < 1.29 is 23.8 Å². The van der Waals surface area contributed by atoms with Crippen molar-refractivity contribution in [3.05, 3.63) is 89.5 Å². The van der Waals surface area contributed by atoms with Crippen LogP contribution in [0, 0.1) is 0 Å². The van der Waals surface area contributed by atoms with Crippen LogP contribution in [0.5, 0.6) is 11.5 Å². The van der Waals surface area contributed by atoms with Crippen LogP contribution >= 0.6 is 0 Å². The first-order chi connectivity index (χ1) is 16.6. The van der Waals surface area contributed by atoms with E-state index in [0.29, 0.717) is 30.2 Å². The van der Waals surface area contributed by atoms with Gasteiger partial charge in [-0.3, -0.25) is 4.79 Å². The Morgan fingerprint density at radius 3 is 2.26 bits per heavy atom. The number of hydrogen-bond acceptors (Lipinski definition) is 5. The van der Waals surface area contributed by atoms with Gasteiger partial charge in [0.1, 0.15) is 6.61 Å². The molecule has 4 rings (SSSR count). The average molecular weight is 461 g/mol. The monoisotopic (exact) mass is 460 g/mol. The molecule has 7 heteroatoms. The van der Waals surface area contributed by atoms with E-state index in [9.17, 15) is 9.59 Å². The normalized spacial score (nSPS) is 14.6. The summed E-state index contributed by atoms with van der Waals surface area (Å²) in [6.45, 7) is 0.595. The molecule has 7 nitrogen and oxygen atoms in total. The van der Waals surface area contributed by atoms with Crippen molar-refractivity contribution in [1.82, 2.24) is 4.90 Å². The maximum absolute atomic E-state index is 13.1. The van der Waals surface area contributed by atoms with Gasteiger partial charge in [-0.2, -0.15) is 0 Å². The highest BCUT2D eigenvalue weighted by Crippen LogP contribution is 2.40. The highest BCUT2D eigenvalue weighted by molar-refractivity contribution is 5.91. The van der Waals surface area contributed by atoms with Crippen LogP contribution in [0.4, 0.5) is 10.5 Å². The molecule has 0 fully saturated rings. The predicted molar refractivity (Wildman–Crippen MR) is 129 cm³/mol. The van der Waals surface area contributed by atoms with E-state index in [1.54, 1.807) is 19.1 Å². The summed E-state index contributed by atoms with van der Waals surface area (Å²) in [6, 6.07) is 22.0. The standard InChI is InChI=1S/C27H28N2O5/c1-32-24-15-20-13-14-29(27(31)34-18-19-9-5-3-6-10-19)23(22(20)16-25(24)33-2)17-26(30)28-21-11-7-4-8-12-21/h3-12,15-16,23H,13-14,17-18H2,1-2H3,(H,28,30). The second-order valence-corrected chi connectivity index (χ2v) is 8.02. The molecule has 0 saturated heterocycles. The van der Waals surface area contributed by atoms with Gasteiger partial charge in [-0.05, 0) is 47.4 Å². The van der Waals surface area contributed by atoms with Crippen LogP contribution in [0.2, 0.25) is 0 Å². The van der Waals surface area contributed by atoms with E-state index in [1.165, 1.54) is 0 Å². The zero-order chi connectivity index (χ0) is 23.9. The smallest absolute Gasteiger partial charge is 0.410 e. The molecule has 1 aliphatic heterocycles. The number of nitrogens with one attached hydrogen (secondary N) is 1. The Labute approximate surface area is 199 Å². The van der Waals surface area contributed by atoms with Crippen LogP contribution in [0.3, 0.4) is 0 Å². The molecule has 34 heavy (non-hydrogen) atoms. The predicted octanol–water partition coefficient (Wildman–Crippen LogP) is 4.97. The molecule has 3 aromatic carbocycles. The summed E-state index contributed by atoms with van der Waals surface area (Å²) in [6.07, 6.45) is 0.242. The number of anilines is 1. The summed E-state index contributed by atoms with van der Waals surface area (Å²) in [7, 11) is 3.15. The molecular weight excluding hydrogens is 432 g/mol. The number of amides is 2. The lowest BCUT2D eigenvalue weighted by Gasteiger charge is -2.36. The van der Waals surface area contributed by atoms with E-state index < -0.39 is 12.1 Å². The van der Waals surface area contributed by atoms with E-state index in [4.69, 9.17) is 14.2 Å². The molecular formula is C27H28N2O5. The van der Waals surface area contributed by atoms with Crippen molar-refractivity contribution in [2.24, 2.45) is 0 Å². The third kappa shape index (κ3) is 5.31. The lowest BCUT2D eigenvalue weighted by molar-refractivity contribution is -0.117. The van der Waals surface area contributed by atoms with Crippen LogP contribution in [0.15, 0.2) is 72.8 Å². The second-order valence-electron chi connectivity index (χ2n) is 8.02. The molecule has 1 aliphatic rings. The molecule has 1 atom stereocenters. The third-order valence-corrected chi connectivity index (χ3v) is 5.88. The van der Waals surface area contributed by atoms with Crippen molar-refractivity contribution >= 4 is 17.7 Å². The molecule has 0 radical (unpaired) electrons. The summed E-state index contributed by atoms with van der Waals surface area (Å²) in [5.74, 6) is 0.975. The van der Waals surface area contributed by atoms with Gasteiger partial charge in [0.25, 0.3) is 0 Å². The SMILES string of the molecule is COc1cc2c(cc1OC)C(CC(=O)Nc1ccccc1)N(C(=O)OCc1ccccc1)CC2. The number of hydrogen-bond donors (Lipinski definition) is 1. The minimum Gasteiger partial charge on any atom is -0.493 e. The molecule has 0 spiro atoms. The Hall–Kier alpha value is -4.00. The number of para-hydroxylation sites is 1. The molecule has 1 heterocycles. The Morgan fingerprint density at radius 2 is 1.59 bits per heavy atom. The molecule has 1 N–H and O–H groups in total. The van der Waals surface area contributed by atoms with Crippen molar-refractivity contribution in [1.29, 1.82) is 0 Å². The van der Waals surface area contributed by atoms with Crippen molar-refractivity contribution in [3.8, 4) is 11.5 Å². The highest BCUT2D eigenvalue weighted by Gasteiger charge is 2.34. The van der Waals surface area contributed by atoms with Crippen LogP contribution in [0.25, 0.3) is 0 Å². The summed E-state index contributed by atoms with van der Waals surface area (Å²) in [4.78, 5) is 27.7. The fourth-order valence-electron chi connectivity index (χ4n) is 4.18. The van der Waals surface area contributed by atoms with Gasteiger partial charge in [-0.1, -0.05) is 48.5 Å². The van der Waals surface area contributed by atoms with Gasteiger partial charge in [0, 0.05) is 12.2 Å². The van der Waals surface area contributed by atoms with Gasteiger partial charge in [-0.25, -0.2) is 4.79 Å². The quantitative estimate of drug-likeness (QED) is 0.539. The zero-order valence-corrected chi connectivity index (χ0v) is 19.3. The van der Waals surface area contributed by atoms with Gasteiger partial charge in [0.15, 0.2) is 11.5 Å². The molecule has 0 aromatic heterocycles. The number of fused-ring (bicyclic) bond motifs is 1. The highest BCUT2D eigenvalue weighted by atomic mass is 16.6. The summed E-state index contributed by atoms with van der Waals surface area (Å²) >= 11 is 0. The molecule has 1 unspecified atom stereocenters. The molecule has 0 bridgehead atoms. The van der Waals surface area contributed by atoms with Gasteiger partial charge in [-0.15, -0.1) is 0 Å². The van der Waals surface area contributed by atoms with Crippen molar-refractivity contribution in [2.75, 3.05) is 26.1 Å². The van der Waals surface area contributed by atoms with Crippen LogP contribution < -0.4 is 14.8 Å². The van der Waals surface area contributed by atoms with Gasteiger partial charge >= 0.3 is 6.09 Å². The van der Waals surface area contributed by atoms with Crippen molar-refractivity contribution in [2.45, 2.75) is 25.5 Å². The molecule has 176 valence electrons. The van der Waals surface area contributed by atoms with Gasteiger partial charge < -0.3 is 24.4 Å². The molecule has 0 saturated carbocycles. The Kier molecular flexibility index (Phi) is 7.32. The van der Waals surface area contributed by atoms with Gasteiger partial charge in [0.2, 0.25) is 5.91 Å². The first-order valence-corrected chi connectivity index (χ1v) is 11.2. The Morgan fingerprint density at radius 1 is 0.941 bits per heavy atom. The number of methoxy groups -OCH3 is 2. The number of nitrogens with zero attached hydrogens (tertiary/aromatic N) is 1. The van der Waals surface area contributed by atoms with Crippen molar-refractivity contribution in [3.63, 3.8) is 0 Å². The molecule has 2 amide bonds. The Bertz CT molecular complexity index is 1130. The van der Waals surface area contributed by atoms with Gasteiger partial charge in [0.05, 0.1) is 26.7 Å². The topological polar surface area (TPSA) is 77.1 Å². The number of carbonyl (C=O) groups is 2. The second kappa shape index (κ2) is 10.7. The number of benzene rings is 3. The number of carbonyl (C=O) groups excluding carboxylic acids is 2. The minimum absolute atomic E-state index is 0.0812. The maximum atomic E-state index is 13.1. The lowest BCUT2D eigenvalue weighted by atomic mass is 9.90. The van der Waals surface area contributed by atoms with E-state index in [0.717, 1.165) is 16.7 Å². The van der Waals surface area contributed by atoms with E-state index in [-0.39, 0.29) is 18.9 Å². The zero-order valence-electron chi connectivity index (χ0n) is 19.3. The van der Waals surface area contributed by atoms with Crippen LogP contribution in [-0.4, -0.2) is 37.7 Å². The summed E-state index contributed by atoms with van der Waals surface area (Å²) in [5.41, 5.74) is 3.47. The lowest BCUT2D eigenvalue weighted by Crippen LogP contribution is -2.41. The van der Waals surface area contributed by atoms with Crippen LogP contribution in [-0.2, 0) is 22.6 Å². The fraction of sp³-hybridized carbons (Fsp3) is 0.259. The average Bonchev–Trinajstić information content (AvgIpc) is 2.87. The third-order valence-electron chi connectivity index (χ3n) is 5.88. The Balaban J connectivity index is 1.59. The first-order valence-electron chi connectivity index (χ1n) is 11.2. The number of rotatable bonds is 7. The molecule has 3 aromatic rings. The van der Waals surface area contributed by atoms with E-state index in [1.807, 2.05) is 72.8 Å². The molecule has 0 aliphatic carbocycles. The number of ether oxygens (including phenoxy) is 3. The largest absolute Gasteiger partial charge is 0.493 e. The maximum Gasteiger partial charge on any atom is 0.410 e. The summed E-state index contributed by atoms with van der Waals surface area (Å²) in [5, 5.41) is 2.91. The van der Waals surface area contributed by atoms with E-state index in [2.05, 4.69) is 5.32 Å². The first kappa shape index (κ1) is 23.2. The minimum atomic E-state index is -0.504. The van der Waals surface area contributed by atoms with E-state index >= 15 is 0 Å². The van der Waals surface area contributed by atoms with Crippen LogP contribution in [0.1, 0.15) is 29.2 Å².